The minimum Gasteiger partial charge on any atom is -0.478 e. The van der Waals surface area contributed by atoms with Crippen molar-refractivity contribution >= 4 is 29.7 Å². The first-order valence-electron chi connectivity index (χ1n) is 3.80. The zero-order valence-electron chi connectivity index (χ0n) is 7.37. The molecule has 0 aliphatic carbocycles. The fourth-order valence-corrected chi connectivity index (χ4v) is 1.21. The van der Waals surface area contributed by atoms with Crippen molar-refractivity contribution in [2.75, 3.05) is 5.32 Å². The maximum absolute atomic E-state index is 10.8. The summed E-state index contributed by atoms with van der Waals surface area (Å²) >= 11 is 5.78. The number of hydrogen-bond acceptors (Lipinski definition) is 2. The van der Waals surface area contributed by atoms with Gasteiger partial charge in [0, 0.05) is 5.02 Å². The van der Waals surface area contributed by atoms with Gasteiger partial charge in [-0.25, -0.2) is 4.79 Å². The van der Waals surface area contributed by atoms with Gasteiger partial charge >= 0.3 is 5.97 Å². The van der Waals surface area contributed by atoms with Gasteiger partial charge in [0.2, 0.25) is 6.41 Å². The molecular weight excluding hydrogens is 206 g/mol. The molecule has 4 nitrogen and oxygen atoms in total. The quantitative estimate of drug-likeness (QED) is 0.754. The van der Waals surface area contributed by atoms with E-state index in [9.17, 15) is 9.59 Å². The van der Waals surface area contributed by atoms with E-state index in [1.807, 2.05) is 0 Å². The molecule has 0 atom stereocenters. The van der Waals surface area contributed by atoms with Crippen LogP contribution in [0, 0.1) is 6.92 Å². The topological polar surface area (TPSA) is 66.4 Å². The summed E-state index contributed by atoms with van der Waals surface area (Å²) in [7, 11) is 0. The summed E-state index contributed by atoms with van der Waals surface area (Å²) in [5.41, 5.74) is 0.877. The Labute approximate surface area is 85.5 Å². The third kappa shape index (κ3) is 2.03. The number of carboxylic acids is 1. The number of carboxylic acid groups (broad SMARTS) is 1. The highest BCUT2D eigenvalue weighted by molar-refractivity contribution is 6.31. The molecule has 1 aromatic carbocycles. The number of anilines is 1. The van der Waals surface area contributed by atoms with Crippen LogP contribution in [0.15, 0.2) is 12.1 Å². The van der Waals surface area contributed by atoms with Crippen molar-refractivity contribution in [2.24, 2.45) is 0 Å². The fourth-order valence-electron chi connectivity index (χ4n) is 1.04. The Balaban J connectivity index is 3.30. The Morgan fingerprint density at radius 1 is 1.57 bits per heavy atom. The van der Waals surface area contributed by atoms with Crippen LogP contribution in [0.3, 0.4) is 0 Å². The molecule has 0 aliphatic rings. The molecule has 2 N–H and O–H groups in total. The summed E-state index contributed by atoms with van der Waals surface area (Å²) in [6, 6.07) is 2.82. The van der Waals surface area contributed by atoms with E-state index in [4.69, 9.17) is 16.7 Å². The zero-order valence-corrected chi connectivity index (χ0v) is 8.13. The lowest BCUT2D eigenvalue weighted by Gasteiger charge is -2.06. The van der Waals surface area contributed by atoms with Crippen molar-refractivity contribution < 1.29 is 14.7 Å². The second-order valence-electron chi connectivity index (χ2n) is 2.71. The monoisotopic (exact) mass is 213 g/mol. The lowest BCUT2D eigenvalue weighted by atomic mass is 10.1. The molecule has 0 aliphatic heterocycles. The van der Waals surface area contributed by atoms with Crippen molar-refractivity contribution in [3.8, 4) is 0 Å². The number of aromatic carboxylic acids is 1. The number of nitrogens with one attached hydrogen (secondary N) is 1. The molecule has 74 valence electrons. The van der Waals surface area contributed by atoms with E-state index in [2.05, 4.69) is 5.32 Å². The van der Waals surface area contributed by atoms with Gasteiger partial charge in [-0.05, 0) is 24.6 Å². The summed E-state index contributed by atoms with van der Waals surface area (Å²) in [6.45, 7) is 1.69. The zero-order chi connectivity index (χ0) is 10.7. The Bertz CT molecular complexity index is 390. The summed E-state index contributed by atoms with van der Waals surface area (Å²) in [4.78, 5) is 21.0. The van der Waals surface area contributed by atoms with Gasteiger partial charge in [-0.2, -0.15) is 0 Å². The maximum Gasteiger partial charge on any atom is 0.337 e. The fraction of sp³-hybridized carbons (Fsp3) is 0.111. The molecule has 0 aromatic heterocycles. The number of carbonyl (C=O) groups is 2. The molecule has 1 rings (SSSR count). The van der Waals surface area contributed by atoms with Crippen LogP contribution < -0.4 is 5.32 Å². The first-order chi connectivity index (χ1) is 6.56. The molecule has 1 aromatic rings. The van der Waals surface area contributed by atoms with Crippen LogP contribution >= 0.6 is 11.6 Å². The van der Waals surface area contributed by atoms with Gasteiger partial charge in [-0.1, -0.05) is 11.6 Å². The lowest BCUT2D eigenvalue weighted by molar-refractivity contribution is -0.105. The molecule has 5 heteroatoms. The number of benzene rings is 1. The van der Waals surface area contributed by atoms with Crippen LogP contribution in [0.1, 0.15) is 15.9 Å². The third-order valence-electron chi connectivity index (χ3n) is 1.74. The molecule has 0 unspecified atom stereocenters. The summed E-state index contributed by atoms with van der Waals surface area (Å²) in [5.74, 6) is -1.10. The maximum atomic E-state index is 10.8. The normalized spacial score (nSPS) is 9.57. The Kier molecular flexibility index (Phi) is 3.09. The number of rotatable bonds is 3. The van der Waals surface area contributed by atoms with Crippen LogP contribution in [0.2, 0.25) is 5.02 Å². The van der Waals surface area contributed by atoms with Crippen molar-refractivity contribution in [1.29, 1.82) is 0 Å². The molecular formula is C9H8ClNO3. The summed E-state index contributed by atoms with van der Waals surface area (Å²) in [5, 5.41) is 11.5. The third-order valence-corrected chi connectivity index (χ3v) is 2.15. The minimum atomic E-state index is -1.10. The SMILES string of the molecule is Cc1cc(C(=O)O)c(NC=O)cc1Cl. The predicted molar refractivity (Wildman–Crippen MR) is 52.8 cm³/mol. The van der Waals surface area contributed by atoms with Crippen LogP contribution in [0.5, 0.6) is 0 Å². The Morgan fingerprint density at radius 2 is 2.21 bits per heavy atom. The predicted octanol–water partition coefficient (Wildman–Crippen LogP) is 1.91. The van der Waals surface area contributed by atoms with Gasteiger partial charge in [0.1, 0.15) is 0 Å². The Morgan fingerprint density at radius 3 is 2.71 bits per heavy atom. The first kappa shape index (κ1) is 10.5. The summed E-state index contributed by atoms with van der Waals surface area (Å²) < 4.78 is 0. The van der Waals surface area contributed by atoms with Gasteiger partial charge < -0.3 is 10.4 Å². The van der Waals surface area contributed by atoms with E-state index >= 15 is 0 Å². The van der Waals surface area contributed by atoms with Gasteiger partial charge in [0.15, 0.2) is 0 Å². The van der Waals surface area contributed by atoms with Crippen LogP contribution in [0.4, 0.5) is 5.69 Å². The molecule has 0 bridgehead atoms. The van der Waals surface area contributed by atoms with Crippen molar-refractivity contribution in [3.63, 3.8) is 0 Å². The minimum absolute atomic E-state index is 0.0269. The van der Waals surface area contributed by atoms with Gasteiger partial charge in [0.25, 0.3) is 0 Å². The lowest BCUT2D eigenvalue weighted by Crippen LogP contribution is -2.05. The van der Waals surface area contributed by atoms with Gasteiger partial charge in [-0.15, -0.1) is 0 Å². The number of carbonyl (C=O) groups excluding carboxylic acids is 1. The highest BCUT2D eigenvalue weighted by Crippen LogP contribution is 2.24. The van der Waals surface area contributed by atoms with E-state index in [0.717, 1.165) is 0 Å². The van der Waals surface area contributed by atoms with Gasteiger partial charge in [-0.3, -0.25) is 4.79 Å². The van der Waals surface area contributed by atoms with Crippen LogP contribution in [-0.2, 0) is 4.79 Å². The van der Waals surface area contributed by atoms with Gasteiger partial charge in [0.05, 0.1) is 11.3 Å². The molecule has 0 saturated carbocycles. The van der Waals surface area contributed by atoms with E-state index in [0.29, 0.717) is 17.0 Å². The molecule has 0 spiro atoms. The van der Waals surface area contributed by atoms with Crippen molar-refractivity contribution in [1.82, 2.24) is 0 Å². The second-order valence-corrected chi connectivity index (χ2v) is 3.12. The first-order valence-corrected chi connectivity index (χ1v) is 4.17. The van der Waals surface area contributed by atoms with Crippen LogP contribution in [-0.4, -0.2) is 17.5 Å². The van der Waals surface area contributed by atoms with E-state index in [-0.39, 0.29) is 11.3 Å². The highest BCUT2D eigenvalue weighted by atomic mass is 35.5. The summed E-state index contributed by atoms with van der Waals surface area (Å²) in [6.07, 6.45) is 0.410. The number of hydrogen-bond donors (Lipinski definition) is 2. The number of aryl methyl sites for hydroxylation is 1. The van der Waals surface area contributed by atoms with E-state index < -0.39 is 5.97 Å². The average molecular weight is 214 g/mol. The van der Waals surface area contributed by atoms with E-state index in [1.165, 1.54) is 12.1 Å². The molecule has 0 fully saturated rings. The largest absolute Gasteiger partial charge is 0.478 e. The molecule has 14 heavy (non-hydrogen) atoms. The standard InChI is InChI=1S/C9H8ClNO3/c1-5-2-6(9(13)14)8(11-4-12)3-7(5)10/h2-4H,1H3,(H,11,12)(H,13,14). The molecule has 0 saturated heterocycles. The number of halogens is 1. The molecule has 0 radical (unpaired) electrons. The van der Waals surface area contributed by atoms with Crippen molar-refractivity contribution in [2.45, 2.75) is 6.92 Å². The van der Waals surface area contributed by atoms with Crippen molar-refractivity contribution in [3.05, 3.63) is 28.3 Å². The smallest absolute Gasteiger partial charge is 0.337 e. The molecule has 0 heterocycles. The van der Waals surface area contributed by atoms with E-state index in [1.54, 1.807) is 6.92 Å². The van der Waals surface area contributed by atoms with Crippen LogP contribution in [0.25, 0.3) is 0 Å². The Hall–Kier alpha value is -1.55. The second kappa shape index (κ2) is 4.11. The average Bonchev–Trinajstić information content (AvgIpc) is 2.11. The number of amides is 1. The highest BCUT2D eigenvalue weighted by Gasteiger charge is 2.11. The molecule has 1 amide bonds.